The summed E-state index contributed by atoms with van der Waals surface area (Å²) < 4.78 is 11.0. The number of methoxy groups -OCH3 is 1. The van der Waals surface area contributed by atoms with Crippen LogP contribution in [0.3, 0.4) is 0 Å². The molecule has 3 nitrogen and oxygen atoms in total. The highest BCUT2D eigenvalue weighted by molar-refractivity contribution is 7.07. The largest absolute Gasteiger partial charge is 0.497 e. The van der Waals surface area contributed by atoms with Crippen LogP contribution in [0.1, 0.15) is 5.56 Å². The van der Waals surface area contributed by atoms with Gasteiger partial charge >= 0.3 is 0 Å². The number of thiazole rings is 1. The summed E-state index contributed by atoms with van der Waals surface area (Å²) in [7, 11) is 1.64. The van der Waals surface area contributed by atoms with Crippen molar-refractivity contribution in [3.63, 3.8) is 0 Å². The van der Waals surface area contributed by atoms with E-state index in [1.165, 1.54) is 0 Å². The Morgan fingerprint density at radius 1 is 1.05 bits per heavy atom. The van der Waals surface area contributed by atoms with Crippen LogP contribution in [0.5, 0.6) is 17.2 Å². The van der Waals surface area contributed by atoms with Crippen LogP contribution in [0.25, 0.3) is 11.3 Å². The lowest BCUT2D eigenvalue weighted by Gasteiger charge is -2.11. The van der Waals surface area contributed by atoms with Crippen molar-refractivity contribution in [2.75, 3.05) is 7.11 Å². The molecule has 1 heterocycles. The molecule has 112 valence electrons. The van der Waals surface area contributed by atoms with Crippen molar-refractivity contribution in [2.24, 2.45) is 0 Å². The van der Waals surface area contributed by atoms with Crippen LogP contribution in [-0.2, 0) is 0 Å². The molecule has 0 unspecified atom stereocenters. The van der Waals surface area contributed by atoms with Crippen molar-refractivity contribution in [3.05, 3.63) is 57.9 Å². The van der Waals surface area contributed by atoms with Crippen LogP contribution in [0, 0.1) is 6.92 Å². The lowest BCUT2D eigenvalue weighted by Crippen LogP contribution is -1.90. The van der Waals surface area contributed by atoms with Gasteiger partial charge in [-0.3, -0.25) is 0 Å². The molecular weight excluding hydrogens is 318 g/mol. The summed E-state index contributed by atoms with van der Waals surface area (Å²) in [4.78, 5) is 4.32. The minimum Gasteiger partial charge on any atom is -0.497 e. The molecule has 0 fully saturated rings. The van der Waals surface area contributed by atoms with Crippen LogP contribution >= 0.6 is 22.9 Å². The molecule has 0 aliphatic heterocycles. The van der Waals surface area contributed by atoms with Crippen molar-refractivity contribution in [1.82, 2.24) is 4.98 Å². The van der Waals surface area contributed by atoms with E-state index in [1.54, 1.807) is 24.0 Å². The van der Waals surface area contributed by atoms with E-state index in [0.29, 0.717) is 10.8 Å². The predicted molar refractivity (Wildman–Crippen MR) is 90.4 cm³/mol. The molecule has 0 radical (unpaired) electrons. The molecule has 0 bridgehead atoms. The lowest BCUT2D eigenvalue weighted by atomic mass is 10.1. The highest BCUT2D eigenvalue weighted by Crippen LogP contribution is 2.36. The van der Waals surface area contributed by atoms with Crippen LogP contribution in [0.15, 0.2) is 47.3 Å². The molecule has 0 aliphatic carbocycles. The van der Waals surface area contributed by atoms with Gasteiger partial charge in [0.1, 0.15) is 17.2 Å². The minimum atomic E-state index is 0.634. The van der Waals surface area contributed by atoms with Gasteiger partial charge in [-0.15, -0.1) is 11.3 Å². The molecule has 0 spiro atoms. The van der Waals surface area contributed by atoms with E-state index in [9.17, 15) is 0 Å². The minimum absolute atomic E-state index is 0.634. The summed E-state index contributed by atoms with van der Waals surface area (Å²) in [6.07, 6.45) is 0. The molecule has 0 saturated carbocycles. The highest BCUT2D eigenvalue weighted by Gasteiger charge is 2.12. The summed E-state index contributed by atoms with van der Waals surface area (Å²) in [6.45, 7) is 2.00. The quantitative estimate of drug-likeness (QED) is 0.626. The number of benzene rings is 2. The lowest BCUT2D eigenvalue weighted by molar-refractivity contribution is 0.413. The number of aryl methyl sites for hydroxylation is 1. The van der Waals surface area contributed by atoms with Gasteiger partial charge in [-0.05, 0) is 42.8 Å². The third-order valence-corrected chi connectivity index (χ3v) is 4.13. The molecule has 3 rings (SSSR count). The summed E-state index contributed by atoms with van der Waals surface area (Å²) in [5, 5.41) is 2.62. The first-order valence-corrected chi connectivity index (χ1v) is 8.00. The molecule has 0 atom stereocenters. The van der Waals surface area contributed by atoms with Crippen molar-refractivity contribution < 1.29 is 9.47 Å². The van der Waals surface area contributed by atoms with Crippen molar-refractivity contribution in [3.8, 4) is 28.5 Å². The Bertz CT molecular complexity index is 747. The van der Waals surface area contributed by atoms with Gasteiger partial charge in [0, 0.05) is 17.0 Å². The molecule has 2 aromatic carbocycles. The third-order valence-electron chi connectivity index (χ3n) is 3.24. The van der Waals surface area contributed by atoms with E-state index >= 15 is 0 Å². The van der Waals surface area contributed by atoms with Gasteiger partial charge in [0.25, 0.3) is 0 Å². The first-order valence-electron chi connectivity index (χ1n) is 6.68. The van der Waals surface area contributed by atoms with Crippen LogP contribution in [0.2, 0.25) is 5.02 Å². The second kappa shape index (κ2) is 6.38. The summed E-state index contributed by atoms with van der Waals surface area (Å²) >= 11 is 7.95. The Labute approximate surface area is 138 Å². The predicted octanol–water partition coefficient (Wildman–Crippen LogP) is 5.57. The number of hydrogen-bond donors (Lipinski definition) is 0. The summed E-state index contributed by atoms with van der Waals surface area (Å²) in [6, 6.07) is 11.2. The number of nitrogens with zero attached hydrogens (tertiary/aromatic N) is 1. The van der Waals surface area contributed by atoms with Crippen molar-refractivity contribution in [2.45, 2.75) is 6.92 Å². The van der Waals surface area contributed by atoms with Crippen molar-refractivity contribution in [1.29, 1.82) is 0 Å². The van der Waals surface area contributed by atoms with E-state index in [-0.39, 0.29) is 0 Å². The number of halogens is 1. The van der Waals surface area contributed by atoms with Crippen LogP contribution in [0.4, 0.5) is 0 Å². The SMILES string of the molecule is COc1ccc(Oc2cc(C)c(-c3cscn3)c(Cl)c2)cc1. The molecular formula is C17H14ClNO2S. The van der Waals surface area contributed by atoms with Gasteiger partial charge < -0.3 is 9.47 Å². The first kappa shape index (κ1) is 14.9. The fourth-order valence-electron chi connectivity index (χ4n) is 2.21. The highest BCUT2D eigenvalue weighted by atomic mass is 35.5. The third kappa shape index (κ3) is 3.08. The van der Waals surface area contributed by atoms with Crippen LogP contribution in [-0.4, -0.2) is 12.1 Å². The fourth-order valence-corrected chi connectivity index (χ4v) is 3.11. The van der Waals surface area contributed by atoms with E-state index in [0.717, 1.165) is 28.3 Å². The number of aromatic nitrogens is 1. The summed E-state index contributed by atoms with van der Waals surface area (Å²) in [5.74, 6) is 2.23. The molecule has 22 heavy (non-hydrogen) atoms. The first-order chi connectivity index (χ1) is 10.7. The number of hydrogen-bond acceptors (Lipinski definition) is 4. The standard InChI is InChI=1S/C17H14ClNO2S/c1-11-7-14(21-13-5-3-12(20-2)4-6-13)8-15(18)17(11)16-9-22-10-19-16/h3-10H,1-2H3. The van der Waals surface area contributed by atoms with Gasteiger partial charge in [0.15, 0.2) is 0 Å². The Morgan fingerprint density at radius 3 is 2.36 bits per heavy atom. The maximum atomic E-state index is 6.40. The average molecular weight is 332 g/mol. The monoisotopic (exact) mass is 331 g/mol. The van der Waals surface area contributed by atoms with Crippen molar-refractivity contribution >= 4 is 22.9 Å². The normalized spacial score (nSPS) is 10.5. The van der Waals surface area contributed by atoms with Gasteiger partial charge in [-0.2, -0.15) is 0 Å². The average Bonchev–Trinajstić information content (AvgIpc) is 3.01. The Balaban J connectivity index is 1.89. The molecule has 5 heteroatoms. The smallest absolute Gasteiger partial charge is 0.129 e. The zero-order valence-electron chi connectivity index (χ0n) is 12.2. The van der Waals surface area contributed by atoms with E-state index < -0.39 is 0 Å². The molecule has 0 saturated heterocycles. The van der Waals surface area contributed by atoms with E-state index in [1.807, 2.05) is 48.7 Å². The van der Waals surface area contributed by atoms with Gasteiger partial charge in [0.05, 0.1) is 23.3 Å². The maximum Gasteiger partial charge on any atom is 0.129 e. The summed E-state index contributed by atoms with van der Waals surface area (Å²) in [5.41, 5.74) is 4.67. The second-order valence-corrected chi connectivity index (χ2v) is 5.87. The topological polar surface area (TPSA) is 31.4 Å². The van der Waals surface area contributed by atoms with E-state index in [4.69, 9.17) is 21.1 Å². The molecule has 0 N–H and O–H groups in total. The molecule has 1 aromatic heterocycles. The van der Waals surface area contributed by atoms with Gasteiger partial charge in [0.2, 0.25) is 0 Å². The zero-order chi connectivity index (χ0) is 15.5. The number of rotatable bonds is 4. The van der Waals surface area contributed by atoms with Crippen LogP contribution < -0.4 is 9.47 Å². The van der Waals surface area contributed by atoms with Gasteiger partial charge in [-0.25, -0.2) is 4.98 Å². The fraction of sp³-hybridized carbons (Fsp3) is 0.118. The maximum absolute atomic E-state index is 6.40. The second-order valence-electron chi connectivity index (χ2n) is 4.75. The molecule has 3 aromatic rings. The van der Waals surface area contributed by atoms with Gasteiger partial charge in [-0.1, -0.05) is 11.6 Å². The molecule has 0 amide bonds. The Hall–Kier alpha value is -2.04. The number of ether oxygens (including phenoxy) is 2. The Morgan fingerprint density at radius 2 is 1.77 bits per heavy atom. The molecule has 0 aliphatic rings. The zero-order valence-corrected chi connectivity index (χ0v) is 13.7. The Kier molecular flexibility index (Phi) is 4.32. The van der Waals surface area contributed by atoms with E-state index in [2.05, 4.69) is 4.98 Å².